The molecule has 0 bridgehead atoms. The Hall–Kier alpha value is -3.91. The minimum atomic E-state index is -1.20. The number of benzene rings is 3. The number of carbonyl (C=O) groups is 2. The van der Waals surface area contributed by atoms with Gasteiger partial charge in [0.25, 0.3) is 11.7 Å². The van der Waals surface area contributed by atoms with Crippen LogP contribution in [-0.2, 0) is 9.59 Å². The second-order valence-electron chi connectivity index (χ2n) is 8.37. The van der Waals surface area contributed by atoms with Crippen molar-refractivity contribution in [3.8, 4) is 5.75 Å². The maximum absolute atomic E-state index is 14.9. The van der Waals surface area contributed by atoms with Gasteiger partial charge in [-0.05, 0) is 61.9 Å². The Bertz CT molecular complexity index is 1390. The minimum Gasteiger partial charge on any atom is -0.507 e. The van der Waals surface area contributed by atoms with Crippen molar-refractivity contribution in [1.82, 2.24) is 0 Å². The van der Waals surface area contributed by atoms with E-state index in [9.17, 15) is 23.5 Å². The van der Waals surface area contributed by atoms with E-state index in [1.54, 1.807) is 18.2 Å². The number of hydrogen-bond acceptors (Lipinski definition) is 5. The first-order valence-electron chi connectivity index (χ1n) is 11.7. The maximum atomic E-state index is 14.9. The van der Waals surface area contributed by atoms with E-state index in [0.717, 1.165) is 35.8 Å². The summed E-state index contributed by atoms with van der Waals surface area (Å²) in [6.07, 6.45) is 0. The van der Waals surface area contributed by atoms with Crippen molar-refractivity contribution in [2.24, 2.45) is 0 Å². The number of anilines is 2. The van der Waals surface area contributed by atoms with Crippen molar-refractivity contribution >= 4 is 40.4 Å². The highest BCUT2D eigenvalue weighted by atomic mass is 35.5. The molecule has 0 aliphatic carbocycles. The van der Waals surface area contributed by atoms with Gasteiger partial charge in [0, 0.05) is 29.9 Å². The van der Waals surface area contributed by atoms with Crippen LogP contribution in [0.15, 0.2) is 66.2 Å². The molecule has 1 aliphatic rings. The highest BCUT2D eigenvalue weighted by Crippen LogP contribution is 2.44. The van der Waals surface area contributed by atoms with E-state index in [-0.39, 0.29) is 27.6 Å². The Morgan fingerprint density at radius 2 is 1.70 bits per heavy atom. The minimum absolute atomic E-state index is 0.0948. The van der Waals surface area contributed by atoms with E-state index in [1.807, 2.05) is 26.0 Å². The summed E-state index contributed by atoms with van der Waals surface area (Å²) in [5, 5.41) is 11.6. The number of nitrogens with zero attached hydrogens (tertiary/aromatic N) is 2. The molecular formula is C28H25ClF2N2O4. The average molecular weight is 527 g/mol. The third kappa shape index (κ3) is 4.76. The number of rotatable bonds is 7. The highest BCUT2D eigenvalue weighted by Gasteiger charge is 2.48. The second-order valence-corrected chi connectivity index (χ2v) is 8.81. The molecule has 1 amide bonds. The highest BCUT2D eigenvalue weighted by molar-refractivity contribution is 6.51. The fourth-order valence-electron chi connectivity index (χ4n) is 4.54. The van der Waals surface area contributed by atoms with Crippen molar-refractivity contribution < 1.29 is 28.2 Å². The molecule has 1 saturated heterocycles. The lowest BCUT2D eigenvalue weighted by Crippen LogP contribution is -2.30. The van der Waals surface area contributed by atoms with E-state index >= 15 is 0 Å². The molecule has 192 valence electrons. The van der Waals surface area contributed by atoms with E-state index in [1.165, 1.54) is 19.2 Å². The molecule has 1 N–H and O–H groups in total. The van der Waals surface area contributed by atoms with Gasteiger partial charge >= 0.3 is 0 Å². The first-order chi connectivity index (χ1) is 17.7. The fraction of sp³-hybridized carbons (Fsp3) is 0.214. The van der Waals surface area contributed by atoms with Gasteiger partial charge in [-0.1, -0.05) is 23.7 Å². The molecule has 1 fully saturated rings. The number of Topliss-reactive ketones (excluding diaryl/α,β-unsaturated/α-hetero) is 1. The van der Waals surface area contributed by atoms with Crippen LogP contribution in [0.25, 0.3) is 5.76 Å². The maximum Gasteiger partial charge on any atom is 0.300 e. The number of halogens is 3. The lowest BCUT2D eigenvalue weighted by molar-refractivity contribution is -0.132. The molecule has 4 rings (SSSR count). The molecule has 0 radical (unpaired) electrons. The van der Waals surface area contributed by atoms with Gasteiger partial charge < -0.3 is 14.7 Å². The number of methoxy groups -OCH3 is 1. The Balaban J connectivity index is 1.96. The van der Waals surface area contributed by atoms with Crippen LogP contribution in [0.1, 0.15) is 31.0 Å². The number of ether oxygens (including phenoxy) is 1. The summed E-state index contributed by atoms with van der Waals surface area (Å²) in [6.45, 7) is 5.57. The number of ketones is 1. The molecule has 9 heteroatoms. The van der Waals surface area contributed by atoms with Gasteiger partial charge in [-0.2, -0.15) is 0 Å². The number of hydrogen-bond donors (Lipinski definition) is 1. The molecular weight excluding hydrogens is 502 g/mol. The largest absolute Gasteiger partial charge is 0.507 e. The molecule has 3 aromatic carbocycles. The van der Waals surface area contributed by atoms with Gasteiger partial charge in [0.15, 0.2) is 0 Å². The quantitative estimate of drug-likeness (QED) is 0.229. The van der Waals surface area contributed by atoms with Crippen molar-refractivity contribution in [2.75, 3.05) is 30.0 Å². The number of aliphatic hydroxyl groups is 1. The standard InChI is InChI=1S/C28H25ClF2N2O4/c1-4-32(5-2)19-10-6-16(7-11-19)25-24(26(34)20-14-17(29)8-13-23(20)37-3)27(35)28(36)33(25)22-12-9-18(30)15-21(22)31/h6-15,25,34H,4-5H2,1-3H3/b26-24+. The molecule has 0 saturated carbocycles. The summed E-state index contributed by atoms with van der Waals surface area (Å²) >= 11 is 6.14. The van der Waals surface area contributed by atoms with Crippen molar-refractivity contribution in [3.63, 3.8) is 0 Å². The summed E-state index contributed by atoms with van der Waals surface area (Å²) < 4.78 is 33.9. The summed E-state index contributed by atoms with van der Waals surface area (Å²) in [7, 11) is 1.38. The lowest BCUT2D eigenvalue weighted by atomic mass is 9.94. The van der Waals surface area contributed by atoms with Crippen LogP contribution in [0.3, 0.4) is 0 Å². The second kappa shape index (κ2) is 10.6. The van der Waals surface area contributed by atoms with Crippen LogP contribution in [-0.4, -0.2) is 37.0 Å². The van der Waals surface area contributed by atoms with Crippen LogP contribution in [0.5, 0.6) is 5.75 Å². The van der Waals surface area contributed by atoms with Crippen LogP contribution in [0.4, 0.5) is 20.2 Å². The van der Waals surface area contributed by atoms with Crippen molar-refractivity contribution in [3.05, 3.63) is 94.0 Å². The molecule has 1 heterocycles. The van der Waals surface area contributed by atoms with E-state index in [2.05, 4.69) is 4.90 Å². The topological polar surface area (TPSA) is 70.1 Å². The average Bonchev–Trinajstić information content (AvgIpc) is 3.15. The number of carbonyl (C=O) groups excluding carboxylic acids is 2. The number of aliphatic hydroxyl groups excluding tert-OH is 1. The smallest absolute Gasteiger partial charge is 0.300 e. The van der Waals surface area contributed by atoms with Crippen LogP contribution >= 0.6 is 11.6 Å². The van der Waals surface area contributed by atoms with Crippen LogP contribution < -0.4 is 14.5 Å². The van der Waals surface area contributed by atoms with Gasteiger partial charge in [0.2, 0.25) is 0 Å². The number of amides is 1. The predicted molar refractivity (Wildman–Crippen MR) is 139 cm³/mol. The molecule has 1 unspecified atom stereocenters. The fourth-order valence-corrected chi connectivity index (χ4v) is 4.71. The van der Waals surface area contributed by atoms with Gasteiger partial charge in [-0.3, -0.25) is 14.5 Å². The molecule has 1 aliphatic heterocycles. The molecule has 0 aromatic heterocycles. The van der Waals surface area contributed by atoms with E-state index in [4.69, 9.17) is 16.3 Å². The first-order valence-corrected chi connectivity index (χ1v) is 12.0. The molecule has 0 spiro atoms. The Morgan fingerprint density at radius 1 is 1.03 bits per heavy atom. The summed E-state index contributed by atoms with van der Waals surface area (Å²) in [5.74, 6) is -4.25. The van der Waals surface area contributed by atoms with Crippen molar-refractivity contribution in [2.45, 2.75) is 19.9 Å². The van der Waals surface area contributed by atoms with Gasteiger partial charge in [-0.15, -0.1) is 0 Å². The summed E-state index contributed by atoms with van der Waals surface area (Å²) in [4.78, 5) is 29.6. The Morgan fingerprint density at radius 3 is 2.30 bits per heavy atom. The van der Waals surface area contributed by atoms with Gasteiger partial charge in [0.1, 0.15) is 23.1 Å². The third-order valence-electron chi connectivity index (χ3n) is 6.37. The molecule has 6 nitrogen and oxygen atoms in total. The summed E-state index contributed by atoms with van der Waals surface area (Å²) in [6, 6.07) is 13.1. The van der Waals surface area contributed by atoms with Crippen LogP contribution in [0.2, 0.25) is 5.02 Å². The third-order valence-corrected chi connectivity index (χ3v) is 6.60. The van der Waals surface area contributed by atoms with Crippen LogP contribution in [0, 0.1) is 11.6 Å². The zero-order chi connectivity index (χ0) is 26.9. The monoisotopic (exact) mass is 526 g/mol. The van der Waals surface area contributed by atoms with Gasteiger partial charge in [-0.25, -0.2) is 8.78 Å². The van der Waals surface area contributed by atoms with Crippen molar-refractivity contribution in [1.29, 1.82) is 0 Å². The van der Waals surface area contributed by atoms with E-state index in [0.29, 0.717) is 11.6 Å². The zero-order valence-corrected chi connectivity index (χ0v) is 21.2. The Labute approximate surface area is 218 Å². The predicted octanol–water partition coefficient (Wildman–Crippen LogP) is 6.10. The lowest BCUT2D eigenvalue weighted by Gasteiger charge is -2.27. The summed E-state index contributed by atoms with van der Waals surface area (Å²) in [5.41, 5.74) is 0.886. The molecule has 3 aromatic rings. The van der Waals surface area contributed by atoms with E-state index < -0.39 is 35.1 Å². The zero-order valence-electron chi connectivity index (χ0n) is 20.5. The normalized spacial score (nSPS) is 16.8. The first kappa shape index (κ1) is 26.2. The molecule has 37 heavy (non-hydrogen) atoms. The Kier molecular flexibility index (Phi) is 7.50. The van der Waals surface area contributed by atoms with Gasteiger partial charge in [0.05, 0.1) is 30.0 Å². The molecule has 1 atom stereocenters. The SMILES string of the molecule is CCN(CC)c1ccc(C2/C(=C(\O)c3cc(Cl)ccc3OC)C(=O)C(=O)N2c2ccc(F)cc2F)cc1.